The molecule has 0 saturated heterocycles. The number of benzene rings is 3. The van der Waals surface area contributed by atoms with E-state index in [4.69, 9.17) is 4.74 Å². The van der Waals surface area contributed by atoms with Gasteiger partial charge in [0.1, 0.15) is 18.2 Å². The molecule has 2 heterocycles. The maximum atomic E-state index is 14.1. The highest BCUT2D eigenvalue weighted by atomic mass is 16.5. The van der Waals surface area contributed by atoms with Gasteiger partial charge in [-0.25, -0.2) is 4.98 Å². The molecule has 5 rings (SSSR count). The molecule has 2 amide bonds. The van der Waals surface area contributed by atoms with Gasteiger partial charge in [0, 0.05) is 25.7 Å². The molecule has 3 aromatic carbocycles. The first-order valence-corrected chi connectivity index (χ1v) is 13.8. The van der Waals surface area contributed by atoms with Crippen LogP contribution in [0.5, 0.6) is 5.75 Å². The third-order valence-corrected chi connectivity index (χ3v) is 7.40. The topological polar surface area (TPSA) is 78.5 Å². The lowest BCUT2D eigenvalue weighted by atomic mass is 10.0. The number of aryl methyl sites for hydroxylation is 1. The summed E-state index contributed by atoms with van der Waals surface area (Å²) in [6.07, 6.45) is 4.44. The van der Waals surface area contributed by atoms with E-state index in [-0.39, 0.29) is 24.5 Å². The molecule has 1 N–H and O–H groups in total. The molecule has 0 radical (unpaired) electrons. The average molecular weight is 525 g/mol. The molecule has 0 saturated carbocycles. The Morgan fingerprint density at radius 1 is 0.974 bits per heavy atom. The van der Waals surface area contributed by atoms with Crippen LogP contribution in [-0.4, -0.2) is 64.4 Å². The minimum absolute atomic E-state index is 0.0233. The number of carbonyl (C=O) groups is 2. The highest BCUT2D eigenvalue weighted by Crippen LogP contribution is 2.24. The number of H-pyrrole nitrogens is 1. The number of nitrogens with one attached hydrogen (secondary N) is 1. The van der Waals surface area contributed by atoms with Crippen molar-refractivity contribution >= 4 is 22.8 Å². The summed E-state index contributed by atoms with van der Waals surface area (Å²) in [5, 5.41) is 0. The van der Waals surface area contributed by atoms with Crippen molar-refractivity contribution in [1.29, 1.82) is 0 Å². The predicted octanol–water partition coefficient (Wildman–Crippen LogP) is 5.65. The number of ether oxygens (including phenoxy) is 1. The lowest BCUT2D eigenvalue weighted by molar-refractivity contribution is 0.0599. The summed E-state index contributed by atoms with van der Waals surface area (Å²) < 4.78 is 6.37. The fraction of sp³-hybridized carbons (Fsp3) is 0.344. The Balaban J connectivity index is 1.50. The number of hydrogen-bond acceptors (Lipinski definition) is 4. The predicted molar refractivity (Wildman–Crippen MR) is 153 cm³/mol. The fourth-order valence-electron chi connectivity index (χ4n) is 5.28. The zero-order chi connectivity index (χ0) is 27.2. The molecule has 0 unspecified atom stereocenters. The van der Waals surface area contributed by atoms with Gasteiger partial charge in [0.2, 0.25) is 0 Å². The molecular formula is C32H36N4O3. The fourth-order valence-corrected chi connectivity index (χ4v) is 5.28. The number of nitrogens with zero attached hydrogens (tertiary/aromatic N) is 3. The molecule has 1 atom stereocenters. The quantitative estimate of drug-likeness (QED) is 0.376. The lowest BCUT2D eigenvalue weighted by Crippen LogP contribution is -2.45. The zero-order valence-electron chi connectivity index (χ0n) is 22.7. The molecule has 1 aliphatic rings. The number of aromatic nitrogens is 2. The summed E-state index contributed by atoms with van der Waals surface area (Å²) in [6, 6.07) is 23.0. The summed E-state index contributed by atoms with van der Waals surface area (Å²) in [5.74, 6) is 1.30. The van der Waals surface area contributed by atoms with Crippen LogP contribution in [0.15, 0.2) is 72.8 Å². The zero-order valence-corrected chi connectivity index (χ0v) is 22.7. The number of aromatic amines is 1. The first kappa shape index (κ1) is 26.5. The van der Waals surface area contributed by atoms with E-state index in [0.717, 1.165) is 48.1 Å². The van der Waals surface area contributed by atoms with Crippen LogP contribution in [0.2, 0.25) is 0 Å². The number of rotatable bonds is 3. The number of para-hydroxylation sites is 1. The van der Waals surface area contributed by atoms with Crippen molar-refractivity contribution in [2.75, 3.05) is 26.7 Å². The van der Waals surface area contributed by atoms with Crippen LogP contribution in [0, 0.1) is 6.92 Å². The van der Waals surface area contributed by atoms with E-state index in [1.54, 1.807) is 4.90 Å². The number of hydrogen-bond donors (Lipinski definition) is 1. The van der Waals surface area contributed by atoms with Gasteiger partial charge < -0.3 is 19.5 Å². The molecule has 39 heavy (non-hydrogen) atoms. The van der Waals surface area contributed by atoms with Crippen LogP contribution >= 0.6 is 0 Å². The van der Waals surface area contributed by atoms with Crippen molar-refractivity contribution in [2.45, 2.75) is 45.1 Å². The van der Waals surface area contributed by atoms with Crippen LogP contribution in [0.25, 0.3) is 11.0 Å². The third kappa shape index (κ3) is 6.30. The molecule has 0 bridgehead atoms. The highest BCUT2D eigenvalue weighted by Gasteiger charge is 2.27. The Bertz CT molecular complexity index is 1430. The van der Waals surface area contributed by atoms with Gasteiger partial charge in [-0.1, -0.05) is 55.3 Å². The van der Waals surface area contributed by atoms with Crippen molar-refractivity contribution in [1.82, 2.24) is 19.8 Å². The Hall–Kier alpha value is -4.13. The maximum absolute atomic E-state index is 14.1. The Kier molecular flexibility index (Phi) is 8.25. The standard InChI is InChI=1S/C32H36N4O3/c1-23-33-28-17-16-25(21-29(28)34-23)31(37)36-19-11-4-3-10-18-35(2)32(38)27-14-8-9-15-30(27)39-22-26(36)20-24-12-6-5-7-13-24/h5-9,12-17,21,26H,3-4,10-11,18-20,22H2,1-2H3,(H,33,34)/t26-/m0/s1. The SMILES string of the molecule is Cc1nc2ccc(C(=O)N3CCCCCCN(C)C(=O)c4ccccc4OC[C@@H]3Cc3ccccc3)cc2[nH]1. The molecular weight excluding hydrogens is 488 g/mol. The van der Waals surface area contributed by atoms with E-state index in [1.165, 1.54) is 0 Å². The van der Waals surface area contributed by atoms with Crippen molar-refractivity contribution in [2.24, 2.45) is 0 Å². The number of imidazole rings is 1. The van der Waals surface area contributed by atoms with Crippen LogP contribution < -0.4 is 4.74 Å². The Morgan fingerprint density at radius 2 is 1.72 bits per heavy atom. The van der Waals surface area contributed by atoms with E-state index in [0.29, 0.717) is 36.4 Å². The van der Waals surface area contributed by atoms with E-state index in [2.05, 4.69) is 22.1 Å². The van der Waals surface area contributed by atoms with E-state index < -0.39 is 0 Å². The Morgan fingerprint density at radius 3 is 2.54 bits per heavy atom. The molecule has 7 nitrogen and oxygen atoms in total. The van der Waals surface area contributed by atoms with Crippen LogP contribution in [0.1, 0.15) is 57.8 Å². The first-order chi connectivity index (χ1) is 19.0. The molecule has 202 valence electrons. The smallest absolute Gasteiger partial charge is 0.257 e. The number of fused-ring (bicyclic) bond motifs is 2. The highest BCUT2D eigenvalue weighted by molar-refractivity contribution is 5.98. The van der Waals surface area contributed by atoms with Gasteiger partial charge in [-0.15, -0.1) is 0 Å². The molecule has 4 aromatic rings. The van der Waals surface area contributed by atoms with Gasteiger partial charge >= 0.3 is 0 Å². The minimum atomic E-state index is -0.220. The monoisotopic (exact) mass is 524 g/mol. The largest absolute Gasteiger partial charge is 0.491 e. The third-order valence-electron chi connectivity index (χ3n) is 7.40. The molecule has 0 spiro atoms. The second-order valence-corrected chi connectivity index (χ2v) is 10.3. The number of amides is 2. The van der Waals surface area contributed by atoms with Gasteiger partial charge in [-0.05, 0) is 62.1 Å². The molecule has 0 aliphatic carbocycles. The van der Waals surface area contributed by atoms with Crippen molar-refractivity contribution < 1.29 is 14.3 Å². The van der Waals surface area contributed by atoms with Gasteiger partial charge in [0.15, 0.2) is 0 Å². The van der Waals surface area contributed by atoms with Crippen LogP contribution in [0.3, 0.4) is 0 Å². The molecule has 0 fully saturated rings. The summed E-state index contributed by atoms with van der Waals surface area (Å²) in [4.78, 5) is 38.8. The van der Waals surface area contributed by atoms with Gasteiger partial charge in [-0.3, -0.25) is 9.59 Å². The number of carbonyl (C=O) groups excluding carboxylic acids is 2. The van der Waals surface area contributed by atoms with Crippen LogP contribution in [0.4, 0.5) is 0 Å². The lowest BCUT2D eigenvalue weighted by Gasteiger charge is -2.33. The summed E-state index contributed by atoms with van der Waals surface area (Å²) in [6.45, 7) is 3.52. The molecule has 1 aromatic heterocycles. The van der Waals surface area contributed by atoms with Gasteiger partial charge in [0.25, 0.3) is 11.8 Å². The van der Waals surface area contributed by atoms with E-state index in [9.17, 15) is 9.59 Å². The van der Waals surface area contributed by atoms with Crippen molar-refractivity contribution in [3.63, 3.8) is 0 Å². The summed E-state index contributed by atoms with van der Waals surface area (Å²) in [7, 11) is 1.85. The normalized spacial score (nSPS) is 17.4. The van der Waals surface area contributed by atoms with Gasteiger partial charge in [-0.2, -0.15) is 0 Å². The first-order valence-electron chi connectivity index (χ1n) is 13.8. The van der Waals surface area contributed by atoms with Crippen LogP contribution in [-0.2, 0) is 6.42 Å². The van der Waals surface area contributed by atoms with E-state index >= 15 is 0 Å². The maximum Gasteiger partial charge on any atom is 0.257 e. The average Bonchev–Trinajstić information content (AvgIpc) is 3.33. The summed E-state index contributed by atoms with van der Waals surface area (Å²) in [5.41, 5.74) is 4.01. The van der Waals surface area contributed by atoms with Gasteiger partial charge in [0.05, 0.1) is 22.6 Å². The van der Waals surface area contributed by atoms with Crippen molar-refractivity contribution in [3.8, 4) is 5.75 Å². The van der Waals surface area contributed by atoms with Crippen molar-refractivity contribution in [3.05, 3.63) is 95.3 Å². The molecule has 7 heteroatoms. The minimum Gasteiger partial charge on any atom is -0.491 e. The second kappa shape index (κ2) is 12.2. The second-order valence-electron chi connectivity index (χ2n) is 10.3. The van der Waals surface area contributed by atoms with E-state index in [1.807, 2.05) is 79.5 Å². The Labute approximate surface area is 229 Å². The summed E-state index contributed by atoms with van der Waals surface area (Å²) >= 11 is 0. The molecule has 1 aliphatic heterocycles.